The molecular formula is C15H26N6S. The van der Waals surface area contributed by atoms with E-state index in [9.17, 15) is 0 Å². The van der Waals surface area contributed by atoms with Gasteiger partial charge in [-0.1, -0.05) is 11.3 Å². The molecule has 0 spiro atoms. The lowest BCUT2D eigenvalue weighted by atomic mass is 10.1. The van der Waals surface area contributed by atoms with E-state index in [-0.39, 0.29) is 0 Å². The fourth-order valence-corrected chi connectivity index (χ4v) is 3.97. The van der Waals surface area contributed by atoms with Gasteiger partial charge in [-0.25, -0.2) is 9.67 Å². The SMILES string of the molecule is Cc1nn(C)c2nc(NC3CCN(CCN(C)C)CC3)sc12. The highest BCUT2D eigenvalue weighted by atomic mass is 32.1. The molecule has 122 valence electrons. The molecule has 1 aliphatic rings. The minimum Gasteiger partial charge on any atom is -0.359 e. The molecule has 1 aliphatic heterocycles. The molecule has 1 N–H and O–H groups in total. The number of nitrogens with zero attached hydrogens (tertiary/aromatic N) is 5. The number of hydrogen-bond donors (Lipinski definition) is 1. The Balaban J connectivity index is 1.54. The van der Waals surface area contributed by atoms with Crippen molar-refractivity contribution in [3.8, 4) is 0 Å². The lowest BCUT2D eigenvalue weighted by Gasteiger charge is -2.32. The lowest BCUT2D eigenvalue weighted by molar-refractivity contribution is 0.199. The quantitative estimate of drug-likeness (QED) is 0.909. The number of piperidine rings is 1. The first-order valence-corrected chi connectivity index (χ1v) is 8.78. The van der Waals surface area contributed by atoms with E-state index in [0.29, 0.717) is 6.04 Å². The molecule has 0 aromatic carbocycles. The van der Waals surface area contributed by atoms with Gasteiger partial charge in [0.2, 0.25) is 0 Å². The molecule has 6 nitrogen and oxygen atoms in total. The predicted octanol–water partition coefficient (Wildman–Crippen LogP) is 1.78. The average Bonchev–Trinajstić information content (AvgIpc) is 3.00. The van der Waals surface area contributed by atoms with Crippen LogP contribution in [0.4, 0.5) is 5.13 Å². The molecule has 0 amide bonds. The van der Waals surface area contributed by atoms with E-state index in [0.717, 1.165) is 23.0 Å². The van der Waals surface area contributed by atoms with Crippen molar-refractivity contribution in [1.29, 1.82) is 0 Å². The fourth-order valence-electron chi connectivity index (χ4n) is 2.96. The maximum Gasteiger partial charge on any atom is 0.185 e. The van der Waals surface area contributed by atoms with E-state index in [1.807, 2.05) is 18.7 Å². The van der Waals surface area contributed by atoms with Gasteiger partial charge in [-0.15, -0.1) is 0 Å². The molecule has 0 saturated carbocycles. The number of rotatable bonds is 5. The van der Waals surface area contributed by atoms with Crippen molar-refractivity contribution >= 4 is 26.8 Å². The van der Waals surface area contributed by atoms with Crippen molar-refractivity contribution in [2.24, 2.45) is 7.05 Å². The van der Waals surface area contributed by atoms with Crippen LogP contribution in [0.5, 0.6) is 0 Å². The van der Waals surface area contributed by atoms with Crippen LogP contribution in [0.15, 0.2) is 0 Å². The number of fused-ring (bicyclic) bond motifs is 1. The van der Waals surface area contributed by atoms with E-state index in [1.54, 1.807) is 11.3 Å². The van der Waals surface area contributed by atoms with Gasteiger partial charge in [-0.3, -0.25) is 0 Å². The number of nitrogens with one attached hydrogen (secondary N) is 1. The van der Waals surface area contributed by atoms with Gasteiger partial charge in [0.15, 0.2) is 10.8 Å². The van der Waals surface area contributed by atoms with Crippen LogP contribution in [0, 0.1) is 6.92 Å². The lowest BCUT2D eigenvalue weighted by Crippen LogP contribution is -2.41. The zero-order valence-electron chi connectivity index (χ0n) is 14.0. The highest BCUT2D eigenvalue weighted by molar-refractivity contribution is 7.22. The smallest absolute Gasteiger partial charge is 0.185 e. The molecule has 0 aliphatic carbocycles. The maximum atomic E-state index is 4.69. The second kappa shape index (κ2) is 6.52. The van der Waals surface area contributed by atoms with Gasteiger partial charge >= 0.3 is 0 Å². The number of anilines is 1. The van der Waals surface area contributed by atoms with Gasteiger partial charge in [0.1, 0.15) is 0 Å². The summed E-state index contributed by atoms with van der Waals surface area (Å²) in [5.41, 5.74) is 2.06. The van der Waals surface area contributed by atoms with Gasteiger partial charge in [0, 0.05) is 39.3 Å². The van der Waals surface area contributed by atoms with Crippen LogP contribution in [-0.2, 0) is 7.05 Å². The number of likely N-dealkylation sites (tertiary alicyclic amines) is 1. The van der Waals surface area contributed by atoms with Crippen LogP contribution in [0.3, 0.4) is 0 Å². The van der Waals surface area contributed by atoms with E-state index in [4.69, 9.17) is 4.98 Å². The average molecular weight is 322 g/mol. The molecule has 0 radical (unpaired) electrons. The standard InChI is InChI=1S/C15H26N6S/c1-11-13-14(20(4)18-11)17-15(22-13)16-12-5-7-21(8-6-12)10-9-19(2)3/h12H,5-10H2,1-4H3,(H,16,17). The van der Waals surface area contributed by atoms with E-state index < -0.39 is 0 Å². The molecule has 3 heterocycles. The van der Waals surface area contributed by atoms with Crippen molar-refractivity contribution in [2.75, 3.05) is 45.6 Å². The summed E-state index contributed by atoms with van der Waals surface area (Å²) in [5, 5.41) is 9.07. The molecule has 0 atom stereocenters. The molecular weight excluding hydrogens is 296 g/mol. The third-order valence-corrected chi connectivity index (χ3v) is 5.41. The summed E-state index contributed by atoms with van der Waals surface area (Å²) in [6.07, 6.45) is 2.39. The van der Waals surface area contributed by atoms with Crippen molar-refractivity contribution < 1.29 is 0 Å². The summed E-state index contributed by atoms with van der Waals surface area (Å²) in [6, 6.07) is 0.546. The molecule has 0 bridgehead atoms. The summed E-state index contributed by atoms with van der Waals surface area (Å²) in [4.78, 5) is 9.51. The Morgan fingerprint density at radius 3 is 2.68 bits per heavy atom. The van der Waals surface area contributed by atoms with Gasteiger partial charge in [-0.2, -0.15) is 5.10 Å². The van der Waals surface area contributed by atoms with Crippen molar-refractivity contribution in [2.45, 2.75) is 25.8 Å². The monoisotopic (exact) mass is 322 g/mol. The van der Waals surface area contributed by atoms with Gasteiger partial charge < -0.3 is 15.1 Å². The third-order valence-electron chi connectivity index (χ3n) is 4.32. The van der Waals surface area contributed by atoms with Crippen LogP contribution < -0.4 is 5.32 Å². The summed E-state index contributed by atoms with van der Waals surface area (Å²) < 4.78 is 3.07. The third kappa shape index (κ3) is 3.42. The first-order valence-electron chi connectivity index (χ1n) is 7.96. The van der Waals surface area contributed by atoms with Gasteiger partial charge in [0.25, 0.3) is 0 Å². The first-order chi connectivity index (χ1) is 10.5. The van der Waals surface area contributed by atoms with Crippen LogP contribution in [0.2, 0.25) is 0 Å². The highest BCUT2D eigenvalue weighted by Gasteiger charge is 2.20. The molecule has 2 aromatic heterocycles. The van der Waals surface area contributed by atoms with E-state index >= 15 is 0 Å². The van der Waals surface area contributed by atoms with Crippen molar-refractivity contribution in [3.05, 3.63) is 5.69 Å². The Morgan fingerprint density at radius 2 is 2.05 bits per heavy atom. The second-order valence-electron chi connectivity index (χ2n) is 6.44. The number of hydrogen-bond acceptors (Lipinski definition) is 6. The molecule has 1 fully saturated rings. The Labute approximate surface area is 136 Å². The Morgan fingerprint density at radius 1 is 1.32 bits per heavy atom. The van der Waals surface area contributed by atoms with Crippen molar-refractivity contribution in [3.63, 3.8) is 0 Å². The second-order valence-corrected chi connectivity index (χ2v) is 7.44. The molecule has 7 heteroatoms. The number of likely N-dealkylation sites (N-methyl/N-ethyl adjacent to an activating group) is 1. The van der Waals surface area contributed by atoms with Crippen LogP contribution in [-0.4, -0.2) is 70.9 Å². The fraction of sp³-hybridized carbons (Fsp3) is 0.733. The number of thiazole rings is 1. The van der Waals surface area contributed by atoms with Gasteiger partial charge in [-0.05, 0) is 33.9 Å². The zero-order valence-corrected chi connectivity index (χ0v) is 14.8. The minimum absolute atomic E-state index is 0.546. The Kier molecular flexibility index (Phi) is 4.65. The normalized spacial score (nSPS) is 17.7. The molecule has 22 heavy (non-hydrogen) atoms. The van der Waals surface area contributed by atoms with Crippen LogP contribution in [0.1, 0.15) is 18.5 Å². The van der Waals surface area contributed by atoms with Crippen molar-refractivity contribution in [1.82, 2.24) is 24.6 Å². The minimum atomic E-state index is 0.546. The van der Waals surface area contributed by atoms with E-state index in [1.165, 1.54) is 37.2 Å². The van der Waals surface area contributed by atoms with Crippen LogP contribution in [0.25, 0.3) is 10.3 Å². The number of aryl methyl sites for hydroxylation is 2. The Hall–Kier alpha value is -1.18. The topological polar surface area (TPSA) is 49.2 Å². The summed E-state index contributed by atoms with van der Waals surface area (Å²) in [5.74, 6) is 0. The summed E-state index contributed by atoms with van der Waals surface area (Å²) >= 11 is 1.73. The molecule has 0 unspecified atom stereocenters. The van der Waals surface area contributed by atoms with E-state index in [2.05, 4.69) is 34.3 Å². The first kappa shape index (κ1) is 15.7. The molecule has 3 rings (SSSR count). The predicted molar refractivity (Wildman–Crippen MR) is 92.8 cm³/mol. The van der Waals surface area contributed by atoms with Gasteiger partial charge in [0.05, 0.1) is 10.4 Å². The molecule has 2 aromatic rings. The maximum absolute atomic E-state index is 4.69. The largest absolute Gasteiger partial charge is 0.359 e. The Bertz CT molecular complexity index is 589. The summed E-state index contributed by atoms with van der Waals surface area (Å²) in [7, 11) is 6.23. The summed E-state index contributed by atoms with van der Waals surface area (Å²) in [6.45, 7) is 6.72. The molecule has 1 saturated heterocycles. The number of aromatic nitrogens is 3. The zero-order chi connectivity index (χ0) is 15.7. The van der Waals surface area contributed by atoms with Crippen LogP contribution >= 0.6 is 11.3 Å². The highest BCUT2D eigenvalue weighted by Crippen LogP contribution is 2.29.